The summed E-state index contributed by atoms with van der Waals surface area (Å²) in [4.78, 5) is 15.0. The van der Waals surface area contributed by atoms with Gasteiger partial charge in [0.2, 0.25) is 0 Å². The van der Waals surface area contributed by atoms with Gasteiger partial charge in [-0.05, 0) is 23.4 Å². The molecule has 1 fully saturated rings. The van der Waals surface area contributed by atoms with E-state index in [0.717, 1.165) is 16.0 Å². The summed E-state index contributed by atoms with van der Waals surface area (Å²) >= 11 is 1.46. The molecule has 104 valence electrons. The summed E-state index contributed by atoms with van der Waals surface area (Å²) in [5.41, 5.74) is 1.36. The van der Waals surface area contributed by atoms with E-state index in [4.69, 9.17) is 0 Å². The minimum Gasteiger partial charge on any atom is -0.386 e. The number of β-amino-alcohol motifs (C(OH)–C–C–N with tert-alkyl or cyclic N) is 1. The van der Waals surface area contributed by atoms with Crippen LogP contribution in [0, 0.1) is 0 Å². The van der Waals surface area contributed by atoms with E-state index in [1.54, 1.807) is 4.90 Å². The van der Waals surface area contributed by atoms with Crippen LogP contribution in [0.25, 0.3) is 11.1 Å². The smallest absolute Gasteiger partial charge is 0.264 e. The molecule has 1 aliphatic rings. The molecule has 2 heterocycles. The number of benzene rings is 1. The second-order valence-corrected chi connectivity index (χ2v) is 6.18. The van der Waals surface area contributed by atoms with E-state index in [2.05, 4.69) is 0 Å². The van der Waals surface area contributed by atoms with Gasteiger partial charge in [-0.2, -0.15) is 0 Å². The fraction of sp³-hybridized carbons (Fsp3) is 0.312. The highest BCUT2D eigenvalue weighted by molar-refractivity contribution is 7.12. The lowest BCUT2D eigenvalue weighted by molar-refractivity contribution is -0.0824. The van der Waals surface area contributed by atoms with Gasteiger partial charge in [-0.15, -0.1) is 11.3 Å². The summed E-state index contributed by atoms with van der Waals surface area (Å²) in [6.07, 6.45) is 0.687. The van der Waals surface area contributed by atoms with E-state index < -0.39 is 5.60 Å². The van der Waals surface area contributed by atoms with Crippen LogP contribution in [-0.4, -0.2) is 34.6 Å². The average molecular weight is 287 g/mol. The molecule has 0 atom stereocenters. The summed E-state index contributed by atoms with van der Waals surface area (Å²) < 4.78 is 0. The predicted molar refractivity (Wildman–Crippen MR) is 80.9 cm³/mol. The Kier molecular flexibility index (Phi) is 3.36. The van der Waals surface area contributed by atoms with Gasteiger partial charge in [0.05, 0.1) is 23.6 Å². The zero-order chi connectivity index (χ0) is 14.2. The van der Waals surface area contributed by atoms with Gasteiger partial charge in [0.25, 0.3) is 5.91 Å². The number of amides is 1. The highest BCUT2D eigenvalue weighted by Crippen LogP contribution is 2.32. The Hall–Kier alpha value is -1.65. The second kappa shape index (κ2) is 5.04. The van der Waals surface area contributed by atoms with Crippen molar-refractivity contribution in [3.05, 3.63) is 46.7 Å². The van der Waals surface area contributed by atoms with Crippen molar-refractivity contribution >= 4 is 17.2 Å². The van der Waals surface area contributed by atoms with Gasteiger partial charge in [-0.3, -0.25) is 4.79 Å². The molecule has 1 saturated heterocycles. The number of hydrogen-bond donors (Lipinski definition) is 1. The van der Waals surface area contributed by atoms with Gasteiger partial charge < -0.3 is 10.0 Å². The molecule has 1 aliphatic heterocycles. The third-order valence-electron chi connectivity index (χ3n) is 3.86. The Balaban J connectivity index is 1.83. The molecule has 0 aliphatic carbocycles. The van der Waals surface area contributed by atoms with Crippen LogP contribution >= 0.6 is 11.3 Å². The maximum atomic E-state index is 12.5. The van der Waals surface area contributed by atoms with Crippen LogP contribution in [0.5, 0.6) is 0 Å². The minimum atomic E-state index is -0.681. The third-order valence-corrected chi connectivity index (χ3v) is 4.76. The second-order valence-electron chi connectivity index (χ2n) is 5.27. The normalized spacial score (nSPS) is 16.8. The van der Waals surface area contributed by atoms with Gasteiger partial charge >= 0.3 is 0 Å². The SMILES string of the molecule is CCC1(O)CN(C(=O)c2sccc2-c2ccccc2)C1. The van der Waals surface area contributed by atoms with Gasteiger partial charge in [0.1, 0.15) is 0 Å². The van der Waals surface area contributed by atoms with Crippen LogP contribution in [0.4, 0.5) is 0 Å². The predicted octanol–water partition coefficient (Wildman–Crippen LogP) is 3.01. The molecule has 0 radical (unpaired) electrons. The lowest BCUT2D eigenvalue weighted by atomic mass is 9.91. The standard InChI is InChI=1S/C16H17NO2S/c1-2-16(19)10-17(11-16)15(18)14-13(8-9-20-14)12-6-4-3-5-7-12/h3-9,19H,2,10-11H2,1H3. The number of likely N-dealkylation sites (tertiary alicyclic amines) is 1. The fourth-order valence-corrected chi connectivity index (χ4v) is 3.38. The van der Waals surface area contributed by atoms with Crippen molar-refractivity contribution in [2.45, 2.75) is 18.9 Å². The fourth-order valence-electron chi connectivity index (χ4n) is 2.49. The van der Waals surface area contributed by atoms with Gasteiger partial charge in [0.15, 0.2) is 0 Å². The van der Waals surface area contributed by atoms with E-state index in [9.17, 15) is 9.90 Å². The van der Waals surface area contributed by atoms with E-state index in [-0.39, 0.29) is 5.91 Å². The van der Waals surface area contributed by atoms with Crippen LogP contribution < -0.4 is 0 Å². The lowest BCUT2D eigenvalue weighted by Gasteiger charge is -2.46. The molecular formula is C16H17NO2S. The highest BCUT2D eigenvalue weighted by atomic mass is 32.1. The highest BCUT2D eigenvalue weighted by Gasteiger charge is 2.42. The zero-order valence-corrected chi connectivity index (χ0v) is 12.2. The first-order chi connectivity index (χ1) is 9.63. The maximum absolute atomic E-state index is 12.5. The molecular weight excluding hydrogens is 270 g/mol. The van der Waals surface area contributed by atoms with Crippen LogP contribution in [0.2, 0.25) is 0 Å². The van der Waals surface area contributed by atoms with Crippen molar-refractivity contribution in [2.24, 2.45) is 0 Å². The van der Waals surface area contributed by atoms with Gasteiger partial charge in [-0.25, -0.2) is 0 Å². The van der Waals surface area contributed by atoms with E-state index in [0.29, 0.717) is 19.5 Å². The molecule has 3 rings (SSSR count). The molecule has 0 saturated carbocycles. The molecule has 0 bridgehead atoms. The molecule has 1 N–H and O–H groups in total. The van der Waals surface area contributed by atoms with Crippen LogP contribution in [0.3, 0.4) is 0 Å². The zero-order valence-electron chi connectivity index (χ0n) is 11.4. The maximum Gasteiger partial charge on any atom is 0.264 e. The first-order valence-electron chi connectivity index (χ1n) is 6.77. The van der Waals surface area contributed by atoms with Crippen LogP contribution in [0.1, 0.15) is 23.0 Å². The van der Waals surface area contributed by atoms with Crippen LogP contribution in [0.15, 0.2) is 41.8 Å². The summed E-state index contributed by atoms with van der Waals surface area (Å²) in [7, 11) is 0. The number of carbonyl (C=O) groups excluding carboxylic acids is 1. The first kappa shape index (κ1) is 13.3. The van der Waals surface area contributed by atoms with Crippen molar-refractivity contribution in [2.75, 3.05) is 13.1 Å². The molecule has 1 aromatic heterocycles. The van der Waals surface area contributed by atoms with E-state index in [1.165, 1.54) is 11.3 Å². The summed E-state index contributed by atoms with van der Waals surface area (Å²) in [5.74, 6) is 0.0250. The molecule has 0 spiro atoms. The molecule has 0 unspecified atom stereocenters. The topological polar surface area (TPSA) is 40.5 Å². The first-order valence-corrected chi connectivity index (χ1v) is 7.65. The third kappa shape index (κ3) is 2.25. The Bertz CT molecular complexity index is 614. The number of hydrogen-bond acceptors (Lipinski definition) is 3. The number of rotatable bonds is 3. The monoisotopic (exact) mass is 287 g/mol. The Morgan fingerprint density at radius 2 is 2.00 bits per heavy atom. The van der Waals surface area contributed by atoms with Crippen molar-refractivity contribution in [1.29, 1.82) is 0 Å². The van der Waals surface area contributed by atoms with Crippen molar-refractivity contribution in [3.63, 3.8) is 0 Å². The molecule has 1 amide bonds. The average Bonchev–Trinajstić information content (AvgIpc) is 2.93. The Morgan fingerprint density at radius 1 is 1.30 bits per heavy atom. The molecule has 3 nitrogen and oxygen atoms in total. The largest absolute Gasteiger partial charge is 0.386 e. The number of thiophene rings is 1. The molecule has 4 heteroatoms. The summed E-state index contributed by atoms with van der Waals surface area (Å²) in [6.45, 7) is 2.82. The van der Waals surface area contributed by atoms with Crippen molar-refractivity contribution in [1.82, 2.24) is 4.90 Å². The van der Waals surface area contributed by atoms with E-state index in [1.807, 2.05) is 48.7 Å². The molecule has 20 heavy (non-hydrogen) atoms. The number of carbonyl (C=O) groups is 1. The van der Waals surface area contributed by atoms with Gasteiger partial charge in [-0.1, -0.05) is 37.3 Å². The summed E-state index contributed by atoms with van der Waals surface area (Å²) in [6, 6.07) is 11.9. The van der Waals surface area contributed by atoms with Crippen molar-refractivity contribution < 1.29 is 9.90 Å². The minimum absolute atomic E-state index is 0.0250. The van der Waals surface area contributed by atoms with E-state index >= 15 is 0 Å². The van der Waals surface area contributed by atoms with Gasteiger partial charge in [0, 0.05) is 5.56 Å². The van der Waals surface area contributed by atoms with Crippen molar-refractivity contribution in [3.8, 4) is 11.1 Å². The summed E-state index contributed by atoms with van der Waals surface area (Å²) in [5, 5.41) is 12.0. The number of aliphatic hydroxyl groups is 1. The lowest BCUT2D eigenvalue weighted by Crippen LogP contribution is -2.63. The quantitative estimate of drug-likeness (QED) is 0.942. The van der Waals surface area contributed by atoms with Crippen LogP contribution in [-0.2, 0) is 0 Å². The molecule has 1 aromatic carbocycles. The Labute approximate surface area is 122 Å². The number of nitrogens with zero attached hydrogens (tertiary/aromatic N) is 1. The Morgan fingerprint density at radius 3 is 2.65 bits per heavy atom. The molecule has 2 aromatic rings.